The number of hydrogen-bond acceptors (Lipinski definition) is 4. The number of hydrogen-bond donors (Lipinski definition) is 3. The molecule has 176 valence electrons. The molecule has 0 spiro atoms. The fourth-order valence-electron chi connectivity index (χ4n) is 3.78. The average Bonchev–Trinajstić information content (AvgIpc) is 2.91. The zero-order chi connectivity index (χ0) is 24.6. The fraction of sp³-hybridized carbons (Fsp3) is 0.103. The van der Waals surface area contributed by atoms with Gasteiger partial charge in [0.15, 0.2) is 6.61 Å². The van der Waals surface area contributed by atoms with E-state index in [2.05, 4.69) is 5.32 Å². The largest absolute Gasteiger partial charge is 0.484 e. The number of carbonyl (C=O) groups is 2. The normalized spacial score (nSPS) is 10.5. The smallest absolute Gasteiger partial charge is 0.255 e. The molecular weight excluding hydrogens is 438 g/mol. The van der Waals surface area contributed by atoms with Crippen molar-refractivity contribution in [3.8, 4) is 28.0 Å². The van der Waals surface area contributed by atoms with Crippen LogP contribution in [0.2, 0.25) is 0 Å². The van der Waals surface area contributed by atoms with Crippen LogP contribution in [0.5, 0.6) is 5.75 Å². The highest BCUT2D eigenvalue weighted by Gasteiger charge is 2.08. The summed E-state index contributed by atoms with van der Waals surface area (Å²) in [4.78, 5) is 23.5. The van der Waals surface area contributed by atoms with Crippen LogP contribution in [0.3, 0.4) is 0 Å². The SMILES string of the molecule is NCc1ccccc1-c1ccc(C(=O)NCc2ccc(-c3ccc(OCC(N)=O)cc3)cc2)cc1. The highest BCUT2D eigenvalue weighted by atomic mass is 16.5. The molecule has 4 aromatic carbocycles. The Hall–Kier alpha value is -4.42. The molecule has 4 aromatic rings. The highest BCUT2D eigenvalue weighted by molar-refractivity contribution is 5.94. The third-order valence-corrected chi connectivity index (χ3v) is 5.67. The predicted molar refractivity (Wildman–Crippen MR) is 138 cm³/mol. The van der Waals surface area contributed by atoms with Gasteiger partial charge in [0.25, 0.3) is 11.8 Å². The van der Waals surface area contributed by atoms with E-state index in [4.69, 9.17) is 16.2 Å². The van der Waals surface area contributed by atoms with E-state index in [0.29, 0.717) is 24.4 Å². The number of ether oxygens (including phenoxy) is 1. The quantitative estimate of drug-likeness (QED) is 0.343. The lowest BCUT2D eigenvalue weighted by Gasteiger charge is -2.10. The second-order valence-corrected chi connectivity index (χ2v) is 8.10. The van der Waals surface area contributed by atoms with Crippen LogP contribution in [0.4, 0.5) is 0 Å². The van der Waals surface area contributed by atoms with Gasteiger partial charge in [-0.15, -0.1) is 0 Å². The Kier molecular flexibility index (Phi) is 7.55. The Bertz CT molecular complexity index is 1300. The second kappa shape index (κ2) is 11.1. The minimum absolute atomic E-state index is 0.126. The number of rotatable bonds is 9. The van der Waals surface area contributed by atoms with Crippen molar-refractivity contribution in [3.05, 3.63) is 114 Å². The molecule has 4 rings (SSSR count). The van der Waals surface area contributed by atoms with E-state index in [9.17, 15) is 9.59 Å². The molecule has 5 N–H and O–H groups in total. The molecule has 0 saturated carbocycles. The molecule has 0 aliphatic heterocycles. The van der Waals surface area contributed by atoms with Crippen LogP contribution >= 0.6 is 0 Å². The molecule has 0 heterocycles. The molecule has 0 radical (unpaired) electrons. The Morgan fingerprint density at radius 1 is 0.743 bits per heavy atom. The van der Waals surface area contributed by atoms with Gasteiger partial charge in [0.05, 0.1) is 0 Å². The van der Waals surface area contributed by atoms with Crippen molar-refractivity contribution < 1.29 is 14.3 Å². The molecule has 0 atom stereocenters. The van der Waals surface area contributed by atoms with Gasteiger partial charge in [-0.3, -0.25) is 9.59 Å². The van der Waals surface area contributed by atoms with E-state index >= 15 is 0 Å². The van der Waals surface area contributed by atoms with Gasteiger partial charge in [0, 0.05) is 18.7 Å². The lowest BCUT2D eigenvalue weighted by atomic mass is 9.98. The van der Waals surface area contributed by atoms with Gasteiger partial charge in [-0.05, 0) is 57.6 Å². The lowest BCUT2D eigenvalue weighted by Crippen LogP contribution is -2.22. The minimum Gasteiger partial charge on any atom is -0.484 e. The maximum Gasteiger partial charge on any atom is 0.255 e. The minimum atomic E-state index is -0.512. The molecule has 0 bridgehead atoms. The van der Waals surface area contributed by atoms with Crippen molar-refractivity contribution in [1.82, 2.24) is 5.32 Å². The standard InChI is InChI=1S/C29H27N3O3/c30-17-25-3-1-2-4-27(25)23-9-11-24(12-10-23)29(34)32-18-20-5-7-21(8-6-20)22-13-15-26(16-14-22)35-19-28(31)33/h1-16H,17-19,30H2,(H2,31,33)(H,32,34). The average molecular weight is 466 g/mol. The summed E-state index contributed by atoms with van der Waals surface area (Å²) < 4.78 is 5.29. The fourth-order valence-corrected chi connectivity index (χ4v) is 3.78. The number of primary amides is 1. The summed E-state index contributed by atoms with van der Waals surface area (Å²) in [5.41, 5.74) is 17.8. The molecule has 0 unspecified atom stereocenters. The summed E-state index contributed by atoms with van der Waals surface area (Å²) in [7, 11) is 0. The molecule has 0 saturated heterocycles. The van der Waals surface area contributed by atoms with Crippen LogP contribution in [0.25, 0.3) is 22.3 Å². The van der Waals surface area contributed by atoms with Crippen molar-refractivity contribution >= 4 is 11.8 Å². The molecule has 0 fully saturated rings. The zero-order valence-corrected chi connectivity index (χ0v) is 19.2. The molecule has 2 amide bonds. The van der Waals surface area contributed by atoms with Crippen molar-refractivity contribution in [2.45, 2.75) is 13.1 Å². The number of nitrogens with two attached hydrogens (primary N) is 2. The van der Waals surface area contributed by atoms with Gasteiger partial charge in [-0.1, -0.05) is 72.8 Å². The third-order valence-electron chi connectivity index (χ3n) is 5.67. The van der Waals surface area contributed by atoms with E-state index in [0.717, 1.165) is 33.4 Å². The summed E-state index contributed by atoms with van der Waals surface area (Å²) in [6, 6.07) is 31.0. The summed E-state index contributed by atoms with van der Waals surface area (Å²) in [5, 5.41) is 2.97. The van der Waals surface area contributed by atoms with Crippen molar-refractivity contribution in [3.63, 3.8) is 0 Å². The number of nitrogens with one attached hydrogen (secondary N) is 1. The molecule has 0 aliphatic carbocycles. The Labute approximate surface area is 204 Å². The van der Waals surface area contributed by atoms with E-state index < -0.39 is 5.91 Å². The van der Waals surface area contributed by atoms with Crippen LogP contribution in [-0.2, 0) is 17.9 Å². The van der Waals surface area contributed by atoms with Crippen molar-refractivity contribution in [1.29, 1.82) is 0 Å². The van der Waals surface area contributed by atoms with E-state index in [1.165, 1.54) is 0 Å². The molecule has 6 nitrogen and oxygen atoms in total. The van der Waals surface area contributed by atoms with Crippen LogP contribution in [0.1, 0.15) is 21.5 Å². The summed E-state index contributed by atoms with van der Waals surface area (Å²) in [6.45, 7) is 0.747. The van der Waals surface area contributed by atoms with E-state index in [-0.39, 0.29) is 12.5 Å². The molecule has 35 heavy (non-hydrogen) atoms. The monoisotopic (exact) mass is 465 g/mol. The van der Waals surface area contributed by atoms with Crippen LogP contribution in [-0.4, -0.2) is 18.4 Å². The summed E-state index contributed by atoms with van der Waals surface area (Å²) in [6.07, 6.45) is 0. The first-order valence-corrected chi connectivity index (χ1v) is 11.3. The Morgan fingerprint density at radius 2 is 1.34 bits per heavy atom. The number of benzene rings is 4. The van der Waals surface area contributed by atoms with Crippen molar-refractivity contribution in [2.24, 2.45) is 11.5 Å². The first kappa shape index (κ1) is 23.7. The van der Waals surface area contributed by atoms with Gasteiger partial charge in [0.2, 0.25) is 0 Å². The number of carbonyl (C=O) groups excluding carboxylic acids is 2. The third kappa shape index (κ3) is 6.13. The predicted octanol–water partition coefficient (Wildman–Crippen LogP) is 4.27. The Morgan fingerprint density at radius 3 is 1.97 bits per heavy atom. The topological polar surface area (TPSA) is 107 Å². The van der Waals surface area contributed by atoms with Crippen LogP contribution < -0.4 is 21.5 Å². The highest BCUT2D eigenvalue weighted by Crippen LogP contribution is 2.24. The molecule has 0 aliphatic rings. The van der Waals surface area contributed by atoms with Gasteiger partial charge in [0.1, 0.15) is 5.75 Å². The van der Waals surface area contributed by atoms with Crippen LogP contribution in [0.15, 0.2) is 97.1 Å². The van der Waals surface area contributed by atoms with E-state index in [1.54, 1.807) is 12.1 Å². The molecular formula is C29H27N3O3. The maximum atomic E-state index is 12.6. The second-order valence-electron chi connectivity index (χ2n) is 8.10. The maximum absolute atomic E-state index is 12.6. The molecule has 0 aromatic heterocycles. The summed E-state index contributed by atoms with van der Waals surface area (Å²) in [5.74, 6) is -0.0511. The van der Waals surface area contributed by atoms with Gasteiger partial charge in [-0.2, -0.15) is 0 Å². The first-order chi connectivity index (χ1) is 17.0. The lowest BCUT2D eigenvalue weighted by molar-refractivity contribution is -0.119. The molecule has 6 heteroatoms. The summed E-state index contributed by atoms with van der Waals surface area (Å²) >= 11 is 0. The van der Waals surface area contributed by atoms with Gasteiger partial charge in [-0.25, -0.2) is 0 Å². The zero-order valence-electron chi connectivity index (χ0n) is 19.2. The van der Waals surface area contributed by atoms with Crippen molar-refractivity contribution in [2.75, 3.05) is 6.61 Å². The van der Waals surface area contributed by atoms with Crippen LogP contribution in [0, 0.1) is 0 Å². The van der Waals surface area contributed by atoms with Gasteiger partial charge < -0.3 is 21.5 Å². The Balaban J connectivity index is 1.34. The van der Waals surface area contributed by atoms with Gasteiger partial charge >= 0.3 is 0 Å². The van der Waals surface area contributed by atoms with E-state index in [1.807, 2.05) is 84.9 Å². The number of amides is 2. The first-order valence-electron chi connectivity index (χ1n) is 11.3.